The average Bonchev–Trinajstić information content (AvgIpc) is 2.59. The maximum atomic E-state index is 13.5. The second-order valence-electron chi connectivity index (χ2n) is 4.83. The standard InChI is InChI=1S/C16H8ClF4N3O2/c17-15-22-8-11(18)14(24-15)26-10-6-4-9(5-7-10)25-13-3-1-2-12(23-13)16(19,20)21/h1-8H. The Hall–Kier alpha value is -2.94. The van der Waals surface area contributed by atoms with Crippen molar-refractivity contribution in [2.24, 2.45) is 0 Å². The molecule has 0 atom stereocenters. The molecule has 0 amide bonds. The first-order valence-electron chi connectivity index (χ1n) is 6.99. The highest BCUT2D eigenvalue weighted by molar-refractivity contribution is 6.28. The highest BCUT2D eigenvalue weighted by Crippen LogP contribution is 2.30. The van der Waals surface area contributed by atoms with Crippen LogP contribution in [0, 0.1) is 5.82 Å². The molecule has 10 heteroatoms. The van der Waals surface area contributed by atoms with E-state index in [9.17, 15) is 17.6 Å². The van der Waals surface area contributed by atoms with Crippen molar-refractivity contribution in [3.8, 4) is 23.3 Å². The molecule has 26 heavy (non-hydrogen) atoms. The summed E-state index contributed by atoms with van der Waals surface area (Å²) in [6.45, 7) is 0. The topological polar surface area (TPSA) is 57.1 Å². The minimum Gasteiger partial charge on any atom is -0.439 e. The molecule has 3 aromatic rings. The second-order valence-corrected chi connectivity index (χ2v) is 5.16. The van der Waals surface area contributed by atoms with Crippen molar-refractivity contribution >= 4 is 11.6 Å². The third-order valence-electron chi connectivity index (χ3n) is 2.96. The lowest BCUT2D eigenvalue weighted by Crippen LogP contribution is -2.07. The highest BCUT2D eigenvalue weighted by Gasteiger charge is 2.32. The molecular weight excluding hydrogens is 378 g/mol. The SMILES string of the molecule is Fc1cnc(Cl)nc1Oc1ccc(Oc2cccc(C(F)(F)F)n2)cc1. The van der Waals surface area contributed by atoms with Gasteiger partial charge in [0.1, 0.15) is 17.2 Å². The van der Waals surface area contributed by atoms with E-state index in [2.05, 4.69) is 15.0 Å². The summed E-state index contributed by atoms with van der Waals surface area (Å²) < 4.78 is 62.0. The molecule has 0 aliphatic carbocycles. The Morgan fingerprint density at radius 1 is 0.885 bits per heavy atom. The zero-order chi connectivity index (χ0) is 18.7. The van der Waals surface area contributed by atoms with Crippen molar-refractivity contribution in [2.45, 2.75) is 6.18 Å². The fourth-order valence-corrected chi connectivity index (χ4v) is 1.97. The Kier molecular flexibility index (Phi) is 4.90. The first-order chi connectivity index (χ1) is 12.3. The van der Waals surface area contributed by atoms with E-state index in [1.807, 2.05) is 0 Å². The van der Waals surface area contributed by atoms with Crippen LogP contribution in [0.1, 0.15) is 5.69 Å². The van der Waals surface area contributed by atoms with Crippen LogP contribution in [0.2, 0.25) is 5.28 Å². The number of rotatable bonds is 4. The summed E-state index contributed by atoms with van der Waals surface area (Å²) in [6, 6.07) is 8.97. The van der Waals surface area contributed by atoms with Gasteiger partial charge >= 0.3 is 6.18 Å². The Bertz CT molecular complexity index is 920. The highest BCUT2D eigenvalue weighted by atomic mass is 35.5. The lowest BCUT2D eigenvalue weighted by atomic mass is 10.3. The molecule has 134 valence electrons. The minimum atomic E-state index is -4.57. The lowest BCUT2D eigenvalue weighted by molar-refractivity contribution is -0.141. The fraction of sp³-hybridized carbons (Fsp3) is 0.0625. The molecule has 2 heterocycles. The van der Waals surface area contributed by atoms with E-state index in [4.69, 9.17) is 21.1 Å². The first-order valence-corrected chi connectivity index (χ1v) is 7.37. The number of pyridine rings is 1. The predicted molar refractivity (Wildman–Crippen MR) is 82.8 cm³/mol. The van der Waals surface area contributed by atoms with Gasteiger partial charge in [-0.2, -0.15) is 22.5 Å². The minimum absolute atomic E-state index is 0.183. The molecule has 0 saturated carbocycles. The molecule has 2 aromatic heterocycles. The number of benzene rings is 1. The summed E-state index contributed by atoms with van der Waals surface area (Å²) in [4.78, 5) is 10.4. The van der Waals surface area contributed by atoms with Gasteiger partial charge < -0.3 is 9.47 Å². The van der Waals surface area contributed by atoms with E-state index in [0.717, 1.165) is 12.3 Å². The van der Waals surface area contributed by atoms with E-state index in [-0.39, 0.29) is 28.5 Å². The number of nitrogens with zero attached hydrogens (tertiary/aromatic N) is 3. The Morgan fingerprint density at radius 2 is 1.54 bits per heavy atom. The van der Waals surface area contributed by atoms with Crippen molar-refractivity contribution in [2.75, 3.05) is 0 Å². The van der Waals surface area contributed by atoms with Gasteiger partial charge in [0.25, 0.3) is 5.88 Å². The maximum Gasteiger partial charge on any atom is 0.433 e. The van der Waals surface area contributed by atoms with Crippen LogP contribution in [-0.4, -0.2) is 15.0 Å². The summed E-state index contributed by atoms with van der Waals surface area (Å²) in [5.74, 6) is -0.961. The molecule has 0 bridgehead atoms. The quantitative estimate of drug-likeness (QED) is 0.452. The zero-order valence-corrected chi connectivity index (χ0v) is 13.4. The number of halogens is 5. The van der Waals surface area contributed by atoms with Gasteiger partial charge in [-0.1, -0.05) is 6.07 Å². The van der Waals surface area contributed by atoms with Crippen molar-refractivity contribution in [1.82, 2.24) is 15.0 Å². The van der Waals surface area contributed by atoms with Gasteiger partial charge in [-0.05, 0) is 41.9 Å². The molecule has 0 aliphatic rings. The van der Waals surface area contributed by atoms with Crippen molar-refractivity contribution in [3.05, 3.63) is 65.5 Å². The van der Waals surface area contributed by atoms with Gasteiger partial charge in [0.15, 0.2) is 0 Å². The summed E-state index contributed by atoms with van der Waals surface area (Å²) in [5, 5.41) is -0.183. The molecule has 0 unspecified atom stereocenters. The summed E-state index contributed by atoms with van der Waals surface area (Å²) >= 11 is 5.57. The van der Waals surface area contributed by atoms with Crippen molar-refractivity contribution in [3.63, 3.8) is 0 Å². The molecular formula is C16H8ClF4N3O2. The van der Waals surface area contributed by atoms with Crippen LogP contribution in [0.15, 0.2) is 48.7 Å². The molecule has 0 N–H and O–H groups in total. The average molecular weight is 386 g/mol. The van der Waals surface area contributed by atoms with E-state index < -0.39 is 17.7 Å². The van der Waals surface area contributed by atoms with Crippen LogP contribution >= 0.6 is 11.6 Å². The Balaban J connectivity index is 1.73. The number of hydrogen-bond acceptors (Lipinski definition) is 5. The zero-order valence-electron chi connectivity index (χ0n) is 12.7. The summed E-state index contributed by atoms with van der Waals surface area (Å²) in [5.41, 5.74) is -1.06. The van der Waals surface area contributed by atoms with Gasteiger partial charge in [0.2, 0.25) is 17.0 Å². The van der Waals surface area contributed by atoms with Gasteiger partial charge in [-0.3, -0.25) is 0 Å². The third kappa shape index (κ3) is 4.37. The third-order valence-corrected chi connectivity index (χ3v) is 3.14. The van der Waals surface area contributed by atoms with E-state index in [1.165, 1.54) is 36.4 Å². The molecule has 0 spiro atoms. The molecule has 0 fully saturated rings. The van der Waals surface area contributed by atoms with E-state index in [1.54, 1.807) is 0 Å². The molecule has 0 aliphatic heterocycles. The first kappa shape index (κ1) is 17.9. The second kappa shape index (κ2) is 7.12. The largest absolute Gasteiger partial charge is 0.439 e. The fourth-order valence-electron chi connectivity index (χ4n) is 1.84. The summed E-state index contributed by atoms with van der Waals surface area (Å²) in [6.07, 6.45) is -3.71. The van der Waals surface area contributed by atoms with Crippen LogP contribution < -0.4 is 9.47 Å². The van der Waals surface area contributed by atoms with Gasteiger partial charge in [0, 0.05) is 6.07 Å². The maximum absolute atomic E-state index is 13.5. The van der Waals surface area contributed by atoms with E-state index >= 15 is 0 Å². The smallest absolute Gasteiger partial charge is 0.433 e. The molecule has 5 nitrogen and oxygen atoms in total. The van der Waals surface area contributed by atoms with Crippen LogP contribution in [0.25, 0.3) is 0 Å². The number of hydrogen-bond donors (Lipinski definition) is 0. The molecule has 0 saturated heterocycles. The summed E-state index contributed by atoms with van der Waals surface area (Å²) in [7, 11) is 0. The Morgan fingerprint density at radius 3 is 2.19 bits per heavy atom. The monoisotopic (exact) mass is 385 g/mol. The van der Waals surface area contributed by atoms with Crippen LogP contribution in [0.4, 0.5) is 17.6 Å². The van der Waals surface area contributed by atoms with Crippen molar-refractivity contribution < 1.29 is 27.0 Å². The number of ether oxygens (including phenoxy) is 2. The normalized spacial score (nSPS) is 11.3. The van der Waals surface area contributed by atoms with Crippen molar-refractivity contribution in [1.29, 1.82) is 0 Å². The lowest BCUT2D eigenvalue weighted by Gasteiger charge is -2.09. The van der Waals surface area contributed by atoms with Gasteiger partial charge in [-0.15, -0.1) is 0 Å². The molecule has 0 radical (unpaired) electrons. The van der Waals surface area contributed by atoms with Gasteiger partial charge in [0.05, 0.1) is 6.20 Å². The number of aromatic nitrogens is 3. The number of alkyl halides is 3. The predicted octanol–water partition coefficient (Wildman–Crippen LogP) is 5.27. The molecule has 3 rings (SSSR count). The Labute approximate surface area is 149 Å². The van der Waals surface area contributed by atoms with Crippen LogP contribution in [0.5, 0.6) is 23.3 Å². The molecule has 1 aromatic carbocycles. The van der Waals surface area contributed by atoms with Crippen LogP contribution in [-0.2, 0) is 6.18 Å². The van der Waals surface area contributed by atoms with Crippen LogP contribution in [0.3, 0.4) is 0 Å². The van der Waals surface area contributed by atoms with Gasteiger partial charge in [-0.25, -0.2) is 9.97 Å². The van der Waals surface area contributed by atoms with E-state index in [0.29, 0.717) is 0 Å².